The quantitative estimate of drug-likeness (QED) is 0.744. The second-order valence-corrected chi connectivity index (χ2v) is 6.44. The van der Waals surface area contributed by atoms with Crippen LogP contribution in [0.3, 0.4) is 0 Å². The molecule has 0 aliphatic carbocycles. The van der Waals surface area contributed by atoms with Gasteiger partial charge in [-0.25, -0.2) is 0 Å². The Morgan fingerprint density at radius 2 is 1.65 bits per heavy atom. The van der Waals surface area contributed by atoms with Gasteiger partial charge in [-0.2, -0.15) is 26.3 Å². The summed E-state index contributed by atoms with van der Waals surface area (Å²) >= 11 is 1.22. The monoisotopic (exact) mass is 397 g/mol. The van der Waals surface area contributed by atoms with Crippen molar-refractivity contribution in [1.29, 1.82) is 0 Å². The zero-order valence-electron chi connectivity index (χ0n) is 13.2. The average Bonchev–Trinajstić information content (AvgIpc) is 2.96. The Labute approximate surface area is 148 Å². The molecule has 1 atom stereocenters. The van der Waals surface area contributed by atoms with Crippen molar-refractivity contribution < 1.29 is 36.2 Å². The van der Waals surface area contributed by atoms with E-state index in [2.05, 4.69) is 5.32 Å². The van der Waals surface area contributed by atoms with Crippen LogP contribution in [-0.4, -0.2) is 17.6 Å². The number of halogens is 6. The van der Waals surface area contributed by atoms with Crippen LogP contribution in [0.2, 0.25) is 0 Å². The van der Waals surface area contributed by atoms with Crippen LogP contribution in [0.15, 0.2) is 29.6 Å². The van der Waals surface area contributed by atoms with Gasteiger partial charge in [0.1, 0.15) is 6.10 Å². The third kappa shape index (κ3) is 4.76. The summed E-state index contributed by atoms with van der Waals surface area (Å²) in [6.07, 6.45) is -11.2. The maximum Gasteiger partial charge on any atom is 0.416 e. The second-order valence-electron chi connectivity index (χ2n) is 5.49. The minimum atomic E-state index is -5.04. The minimum absolute atomic E-state index is 0.0549. The van der Waals surface area contributed by atoms with E-state index in [0.717, 1.165) is 5.56 Å². The van der Waals surface area contributed by atoms with Crippen molar-refractivity contribution in [3.8, 4) is 0 Å². The van der Waals surface area contributed by atoms with E-state index in [1.165, 1.54) is 11.3 Å². The number of carbonyl (C=O) groups is 1. The number of aliphatic hydroxyl groups is 1. The summed E-state index contributed by atoms with van der Waals surface area (Å²) < 4.78 is 76.8. The van der Waals surface area contributed by atoms with E-state index < -0.39 is 41.1 Å². The summed E-state index contributed by atoms with van der Waals surface area (Å²) in [4.78, 5) is 12.6. The Morgan fingerprint density at radius 3 is 2.08 bits per heavy atom. The first-order chi connectivity index (χ1) is 11.9. The van der Waals surface area contributed by atoms with Crippen molar-refractivity contribution in [3.05, 3.63) is 56.8 Å². The molecule has 2 rings (SSSR count). The molecular weight excluding hydrogens is 384 g/mol. The molecule has 0 bridgehead atoms. The Bertz CT molecular complexity index is 765. The molecule has 0 aliphatic rings. The highest BCUT2D eigenvalue weighted by atomic mass is 32.1. The molecular formula is C16H13F6NO2S. The molecule has 3 nitrogen and oxygen atoms in total. The van der Waals surface area contributed by atoms with Gasteiger partial charge in [0.05, 0.1) is 11.1 Å². The summed E-state index contributed by atoms with van der Waals surface area (Å²) in [7, 11) is 0. The van der Waals surface area contributed by atoms with Gasteiger partial charge in [0.15, 0.2) is 0 Å². The van der Waals surface area contributed by atoms with E-state index in [9.17, 15) is 36.2 Å². The van der Waals surface area contributed by atoms with Crippen LogP contribution in [0.5, 0.6) is 0 Å². The van der Waals surface area contributed by atoms with E-state index >= 15 is 0 Å². The van der Waals surface area contributed by atoms with Gasteiger partial charge >= 0.3 is 12.4 Å². The van der Waals surface area contributed by atoms with Gasteiger partial charge in [-0.15, -0.1) is 11.3 Å². The molecule has 2 aromatic rings. The van der Waals surface area contributed by atoms with Crippen LogP contribution < -0.4 is 5.32 Å². The summed E-state index contributed by atoms with van der Waals surface area (Å²) in [5.41, 5.74) is -3.18. The highest BCUT2D eigenvalue weighted by Gasteiger charge is 2.37. The number of rotatable bonds is 4. The maximum absolute atomic E-state index is 12.8. The zero-order chi connectivity index (χ0) is 19.7. The van der Waals surface area contributed by atoms with Gasteiger partial charge in [0.2, 0.25) is 0 Å². The average molecular weight is 397 g/mol. The number of hydrogen-bond donors (Lipinski definition) is 2. The van der Waals surface area contributed by atoms with Gasteiger partial charge in [0, 0.05) is 17.0 Å². The van der Waals surface area contributed by atoms with E-state index in [-0.39, 0.29) is 12.6 Å². The third-order valence-electron chi connectivity index (χ3n) is 3.51. The van der Waals surface area contributed by atoms with Crippen LogP contribution in [0.4, 0.5) is 26.3 Å². The summed E-state index contributed by atoms with van der Waals surface area (Å²) in [6, 6.07) is 2.36. The normalized spacial score (nSPS) is 13.5. The first-order valence-corrected chi connectivity index (χ1v) is 8.07. The first kappa shape index (κ1) is 20.2. The number of thiophene rings is 1. The van der Waals surface area contributed by atoms with Crippen molar-refractivity contribution in [2.75, 3.05) is 6.54 Å². The van der Waals surface area contributed by atoms with Crippen LogP contribution in [0, 0.1) is 6.92 Å². The van der Waals surface area contributed by atoms with Gasteiger partial charge < -0.3 is 10.4 Å². The van der Waals surface area contributed by atoms with Crippen LogP contribution in [0.25, 0.3) is 0 Å². The van der Waals surface area contributed by atoms with Crippen molar-refractivity contribution in [1.82, 2.24) is 5.32 Å². The fourth-order valence-electron chi connectivity index (χ4n) is 2.20. The van der Waals surface area contributed by atoms with Crippen LogP contribution in [0.1, 0.15) is 38.0 Å². The Kier molecular flexibility index (Phi) is 5.67. The Balaban J connectivity index is 2.23. The molecule has 0 radical (unpaired) electrons. The topological polar surface area (TPSA) is 49.3 Å². The Morgan fingerprint density at radius 1 is 1.12 bits per heavy atom. The third-order valence-corrected chi connectivity index (χ3v) is 4.63. The van der Waals surface area contributed by atoms with Crippen LogP contribution in [-0.2, 0) is 12.4 Å². The number of amides is 1. The fourth-order valence-corrected chi connectivity index (χ4v) is 3.11. The molecule has 0 spiro atoms. The standard InChI is InChI=1S/C16H13F6NO2S/c1-8-2-3-26-13(8)12(24)7-23-14(25)9-4-10(15(17,18)19)6-11(5-9)16(20,21)22/h2-6,12,24H,7H2,1H3,(H,23,25). The van der Waals surface area contributed by atoms with Crippen molar-refractivity contribution >= 4 is 17.2 Å². The van der Waals surface area contributed by atoms with Crippen molar-refractivity contribution in [2.45, 2.75) is 25.4 Å². The molecule has 1 aromatic heterocycles. The molecule has 142 valence electrons. The Hall–Kier alpha value is -2.07. The smallest absolute Gasteiger partial charge is 0.386 e. The molecule has 0 saturated heterocycles. The molecule has 1 aromatic carbocycles. The number of aryl methyl sites for hydroxylation is 1. The lowest BCUT2D eigenvalue weighted by Crippen LogP contribution is -2.29. The summed E-state index contributed by atoms with van der Waals surface area (Å²) in [5.74, 6) is -1.14. The van der Waals surface area contributed by atoms with Crippen LogP contribution >= 0.6 is 11.3 Å². The van der Waals surface area contributed by atoms with Crippen molar-refractivity contribution in [2.24, 2.45) is 0 Å². The highest BCUT2D eigenvalue weighted by Crippen LogP contribution is 2.36. The number of benzene rings is 1. The molecule has 1 heterocycles. The molecule has 0 fully saturated rings. The van der Waals surface area contributed by atoms with E-state index in [1.54, 1.807) is 18.4 Å². The van der Waals surface area contributed by atoms with E-state index in [4.69, 9.17) is 0 Å². The minimum Gasteiger partial charge on any atom is -0.386 e. The van der Waals surface area contributed by atoms with E-state index in [0.29, 0.717) is 17.0 Å². The number of hydrogen-bond acceptors (Lipinski definition) is 3. The molecule has 10 heteroatoms. The van der Waals surface area contributed by atoms with Gasteiger partial charge in [-0.05, 0) is 42.1 Å². The summed E-state index contributed by atoms with van der Waals surface area (Å²) in [6.45, 7) is 1.37. The first-order valence-electron chi connectivity index (χ1n) is 7.19. The van der Waals surface area contributed by atoms with Gasteiger partial charge in [-0.3, -0.25) is 4.79 Å². The molecule has 0 aliphatic heterocycles. The SMILES string of the molecule is Cc1ccsc1C(O)CNC(=O)c1cc(C(F)(F)F)cc(C(F)(F)F)c1. The van der Waals surface area contributed by atoms with Gasteiger partial charge in [-0.1, -0.05) is 0 Å². The van der Waals surface area contributed by atoms with Crippen molar-refractivity contribution in [3.63, 3.8) is 0 Å². The predicted molar refractivity (Wildman–Crippen MR) is 82.8 cm³/mol. The van der Waals surface area contributed by atoms with E-state index in [1.807, 2.05) is 0 Å². The maximum atomic E-state index is 12.8. The second kappa shape index (κ2) is 7.28. The fraction of sp³-hybridized carbons (Fsp3) is 0.312. The summed E-state index contributed by atoms with van der Waals surface area (Å²) in [5, 5.41) is 13.9. The molecule has 2 N–H and O–H groups in total. The number of nitrogens with one attached hydrogen (secondary N) is 1. The highest BCUT2D eigenvalue weighted by molar-refractivity contribution is 7.10. The number of carbonyl (C=O) groups excluding carboxylic acids is 1. The lowest BCUT2D eigenvalue weighted by Gasteiger charge is -2.15. The van der Waals surface area contributed by atoms with Gasteiger partial charge in [0.25, 0.3) is 5.91 Å². The number of aliphatic hydroxyl groups excluding tert-OH is 1. The predicted octanol–water partition coefficient (Wildman–Crippen LogP) is 4.56. The molecule has 1 unspecified atom stereocenters. The largest absolute Gasteiger partial charge is 0.416 e. The lowest BCUT2D eigenvalue weighted by molar-refractivity contribution is -0.143. The molecule has 26 heavy (non-hydrogen) atoms. The number of alkyl halides is 6. The zero-order valence-corrected chi connectivity index (χ0v) is 14.0. The lowest BCUT2D eigenvalue weighted by atomic mass is 10.0. The molecule has 1 amide bonds. The molecule has 0 saturated carbocycles.